The highest BCUT2D eigenvalue weighted by Gasteiger charge is 2.31. The summed E-state index contributed by atoms with van der Waals surface area (Å²) in [7, 11) is 0. The number of nitrogens with zero attached hydrogens (tertiary/aromatic N) is 2. The summed E-state index contributed by atoms with van der Waals surface area (Å²) < 4.78 is 10.5. The van der Waals surface area contributed by atoms with Crippen molar-refractivity contribution in [2.24, 2.45) is 0 Å². The van der Waals surface area contributed by atoms with Crippen LogP contribution >= 0.6 is 0 Å². The second-order valence-corrected chi connectivity index (χ2v) is 7.31. The third kappa shape index (κ3) is 4.46. The maximum absolute atomic E-state index is 12.3. The molecule has 2 amide bonds. The summed E-state index contributed by atoms with van der Waals surface area (Å²) in [6.45, 7) is 1.53. The van der Waals surface area contributed by atoms with Crippen molar-refractivity contribution < 1.29 is 24.2 Å². The van der Waals surface area contributed by atoms with E-state index in [0.29, 0.717) is 19.6 Å². The molecule has 7 heteroatoms. The minimum Gasteiger partial charge on any atom is -0.445 e. The van der Waals surface area contributed by atoms with Gasteiger partial charge in [0.25, 0.3) is 0 Å². The van der Waals surface area contributed by atoms with Crippen molar-refractivity contribution in [1.29, 1.82) is 0 Å². The van der Waals surface area contributed by atoms with Crippen LogP contribution in [-0.4, -0.2) is 54.5 Å². The molecule has 30 heavy (non-hydrogen) atoms. The zero-order valence-electron chi connectivity index (χ0n) is 16.6. The van der Waals surface area contributed by atoms with E-state index >= 15 is 0 Å². The van der Waals surface area contributed by atoms with Crippen LogP contribution in [-0.2, 0) is 16.1 Å². The van der Waals surface area contributed by atoms with Crippen LogP contribution in [0.5, 0.6) is 0 Å². The topological polar surface area (TPSA) is 79.3 Å². The van der Waals surface area contributed by atoms with Crippen molar-refractivity contribution in [1.82, 2.24) is 4.90 Å². The number of ether oxygens (including phenoxy) is 2. The Morgan fingerprint density at radius 3 is 2.53 bits per heavy atom. The molecule has 0 saturated carbocycles. The average Bonchev–Trinajstić information content (AvgIpc) is 3.19. The Bertz CT molecular complexity index is 926. The number of carbonyl (C=O) groups is 2. The Labute approximate surface area is 175 Å². The molecule has 0 spiro atoms. The first-order chi connectivity index (χ1) is 14.6. The van der Waals surface area contributed by atoms with E-state index in [1.807, 2.05) is 60.7 Å². The fourth-order valence-corrected chi connectivity index (χ4v) is 3.59. The summed E-state index contributed by atoms with van der Waals surface area (Å²) >= 11 is 0. The molecule has 0 aliphatic carbocycles. The number of benzene rings is 2. The third-order valence-corrected chi connectivity index (χ3v) is 5.30. The Morgan fingerprint density at radius 2 is 1.90 bits per heavy atom. The summed E-state index contributed by atoms with van der Waals surface area (Å²) in [4.78, 5) is 27.4. The van der Waals surface area contributed by atoms with Gasteiger partial charge in [0.1, 0.15) is 12.7 Å². The van der Waals surface area contributed by atoms with Crippen LogP contribution in [0.3, 0.4) is 0 Å². The summed E-state index contributed by atoms with van der Waals surface area (Å²) in [5.74, 6) is 0. The molecule has 7 nitrogen and oxygen atoms in total. The largest absolute Gasteiger partial charge is 0.445 e. The van der Waals surface area contributed by atoms with Gasteiger partial charge in [-0.25, -0.2) is 9.59 Å². The van der Waals surface area contributed by atoms with Gasteiger partial charge in [-0.15, -0.1) is 0 Å². The van der Waals surface area contributed by atoms with Crippen LogP contribution < -0.4 is 4.90 Å². The first-order valence-corrected chi connectivity index (χ1v) is 9.98. The number of rotatable bonds is 5. The van der Waals surface area contributed by atoms with Crippen LogP contribution in [0.2, 0.25) is 0 Å². The summed E-state index contributed by atoms with van der Waals surface area (Å²) in [6.07, 6.45) is 1.54. The van der Waals surface area contributed by atoms with Gasteiger partial charge in [-0.1, -0.05) is 48.5 Å². The quantitative estimate of drug-likeness (QED) is 0.820. The van der Waals surface area contributed by atoms with Crippen molar-refractivity contribution >= 4 is 23.4 Å². The van der Waals surface area contributed by atoms with E-state index in [2.05, 4.69) is 0 Å². The summed E-state index contributed by atoms with van der Waals surface area (Å²) in [5.41, 5.74) is 3.92. The lowest BCUT2D eigenvalue weighted by atomic mass is 9.99. The highest BCUT2D eigenvalue weighted by atomic mass is 16.6. The molecule has 0 bridgehead atoms. The van der Waals surface area contributed by atoms with Crippen LogP contribution in [0.15, 0.2) is 60.7 Å². The predicted molar refractivity (Wildman–Crippen MR) is 112 cm³/mol. The van der Waals surface area contributed by atoms with Crippen LogP contribution in [0, 0.1) is 0 Å². The Kier molecular flexibility index (Phi) is 5.99. The lowest BCUT2D eigenvalue weighted by molar-refractivity contribution is 0.0962. The molecule has 4 rings (SSSR count). The molecule has 1 N–H and O–H groups in total. The fraction of sp³-hybridized carbons (Fsp3) is 0.304. The minimum atomic E-state index is -0.481. The van der Waals surface area contributed by atoms with Gasteiger partial charge < -0.3 is 19.5 Å². The van der Waals surface area contributed by atoms with E-state index < -0.39 is 12.2 Å². The number of hydrogen-bond donors (Lipinski definition) is 1. The standard InChI is InChI=1S/C23H24N2O5/c26-15-21-14-25(23(28)30-21)20-8-6-18(7-9-20)19-10-12-24(13-11-19)22(27)29-16-17-4-2-1-3-5-17/h1-10,21,26H,11-16H2/t21-/m1/s1. The highest BCUT2D eigenvalue weighted by molar-refractivity contribution is 5.90. The molecule has 1 fully saturated rings. The second kappa shape index (κ2) is 9.00. The van der Waals surface area contributed by atoms with Gasteiger partial charge >= 0.3 is 12.2 Å². The van der Waals surface area contributed by atoms with Crippen molar-refractivity contribution in [2.75, 3.05) is 31.1 Å². The zero-order valence-corrected chi connectivity index (χ0v) is 16.6. The van der Waals surface area contributed by atoms with Crippen molar-refractivity contribution in [2.45, 2.75) is 19.1 Å². The van der Waals surface area contributed by atoms with Gasteiger partial charge in [0, 0.05) is 18.8 Å². The van der Waals surface area contributed by atoms with Crippen LogP contribution in [0.1, 0.15) is 17.5 Å². The monoisotopic (exact) mass is 408 g/mol. The zero-order chi connectivity index (χ0) is 20.9. The Hall–Kier alpha value is -3.32. The molecule has 1 saturated heterocycles. The normalized spacial score (nSPS) is 18.8. The van der Waals surface area contributed by atoms with Gasteiger partial charge in [0.2, 0.25) is 0 Å². The average molecular weight is 408 g/mol. The number of carbonyl (C=O) groups excluding carboxylic acids is 2. The number of aliphatic hydroxyl groups is 1. The number of amides is 2. The predicted octanol–water partition coefficient (Wildman–Crippen LogP) is 3.43. The maximum atomic E-state index is 12.3. The van der Waals surface area contributed by atoms with Crippen molar-refractivity contribution in [3.8, 4) is 0 Å². The molecule has 2 aromatic rings. The summed E-state index contributed by atoms with van der Waals surface area (Å²) in [6, 6.07) is 17.3. The van der Waals surface area contributed by atoms with Gasteiger partial charge in [-0.2, -0.15) is 0 Å². The van der Waals surface area contributed by atoms with Crippen molar-refractivity contribution in [3.05, 3.63) is 71.8 Å². The molecule has 2 aliphatic rings. The smallest absolute Gasteiger partial charge is 0.414 e. The Morgan fingerprint density at radius 1 is 1.13 bits per heavy atom. The third-order valence-electron chi connectivity index (χ3n) is 5.30. The maximum Gasteiger partial charge on any atom is 0.414 e. The van der Waals surface area contributed by atoms with E-state index in [1.165, 1.54) is 4.90 Å². The van der Waals surface area contributed by atoms with Gasteiger partial charge in [0.05, 0.1) is 13.2 Å². The number of anilines is 1. The number of hydrogen-bond acceptors (Lipinski definition) is 5. The van der Waals surface area contributed by atoms with Crippen LogP contribution in [0.25, 0.3) is 5.57 Å². The molecule has 156 valence electrons. The number of cyclic esters (lactones) is 1. The van der Waals surface area contributed by atoms with E-state index in [9.17, 15) is 9.59 Å². The van der Waals surface area contributed by atoms with E-state index in [0.717, 1.165) is 28.8 Å². The fourth-order valence-electron chi connectivity index (χ4n) is 3.59. The SMILES string of the molecule is O=C(OCc1ccccc1)N1CC=C(c2ccc(N3C[C@H](CO)OC3=O)cc2)CC1. The van der Waals surface area contributed by atoms with E-state index in [-0.39, 0.29) is 19.3 Å². The van der Waals surface area contributed by atoms with E-state index in [1.54, 1.807) is 4.90 Å². The first-order valence-electron chi connectivity index (χ1n) is 9.98. The second-order valence-electron chi connectivity index (χ2n) is 7.31. The van der Waals surface area contributed by atoms with Crippen LogP contribution in [0.4, 0.5) is 15.3 Å². The Balaban J connectivity index is 1.33. The highest BCUT2D eigenvalue weighted by Crippen LogP contribution is 2.27. The molecular formula is C23H24N2O5. The molecule has 2 aromatic carbocycles. The minimum absolute atomic E-state index is 0.183. The van der Waals surface area contributed by atoms with Gasteiger partial charge in [0.15, 0.2) is 0 Å². The first kappa shape index (κ1) is 20.0. The molecule has 2 heterocycles. The molecule has 1 atom stereocenters. The lowest BCUT2D eigenvalue weighted by Gasteiger charge is -2.26. The van der Waals surface area contributed by atoms with Gasteiger partial charge in [-0.05, 0) is 35.3 Å². The van der Waals surface area contributed by atoms with Gasteiger partial charge in [-0.3, -0.25) is 4.90 Å². The van der Waals surface area contributed by atoms with E-state index in [4.69, 9.17) is 14.6 Å². The molecule has 0 unspecified atom stereocenters. The lowest BCUT2D eigenvalue weighted by Crippen LogP contribution is -2.35. The summed E-state index contributed by atoms with van der Waals surface area (Å²) in [5, 5.41) is 9.17. The molecule has 0 aromatic heterocycles. The molecular weight excluding hydrogens is 384 g/mol. The number of aliphatic hydroxyl groups excluding tert-OH is 1. The molecule has 0 radical (unpaired) electrons. The molecule has 2 aliphatic heterocycles. The van der Waals surface area contributed by atoms with Crippen molar-refractivity contribution in [3.63, 3.8) is 0 Å².